The van der Waals surface area contributed by atoms with Gasteiger partial charge in [0.1, 0.15) is 5.82 Å². The molecular weight excluding hydrogens is 326 g/mol. The molecule has 8 heteroatoms. The van der Waals surface area contributed by atoms with Crippen molar-refractivity contribution in [1.29, 1.82) is 0 Å². The molecule has 1 aromatic carbocycles. The van der Waals surface area contributed by atoms with Gasteiger partial charge in [0.2, 0.25) is 0 Å². The number of carbonyl (C=O) groups is 1. The van der Waals surface area contributed by atoms with Crippen molar-refractivity contribution in [2.24, 2.45) is 0 Å². The summed E-state index contributed by atoms with van der Waals surface area (Å²) in [7, 11) is -3.42. The van der Waals surface area contributed by atoms with Crippen molar-refractivity contribution in [3.63, 3.8) is 0 Å². The average molecular weight is 342 g/mol. The SMILES string of the molecule is CC(C)n1nccc1NC(=O)c1cc(S(C)(=O)=O)ccc1Cl. The molecule has 1 aromatic heterocycles. The monoisotopic (exact) mass is 341 g/mol. The Hall–Kier alpha value is -1.86. The zero-order chi connectivity index (χ0) is 16.5. The number of nitrogens with zero attached hydrogens (tertiary/aromatic N) is 2. The second-order valence-electron chi connectivity index (χ2n) is 5.12. The highest BCUT2D eigenvalue weighted by atomic mass is 35.5. The van der Waals surface area contributed by atoms with Crippen LogP contribution < -0.4 is 5.32 Å². The number of halogens is 1. The smallest absolute Gasteiger partial charge is 0.258 e. The number of anilines is 1. The molecule has 0 atom stereocenters. The van der Waals surface area contributed by atoms with Crippen LogP contribution in [0.25, 0.3) is 0 Å². The van der Waals surface area contributed by atoms with Gasteiger partial charge in [-0.3, -0.25) is 4.79 Å². The summed E-state index contributed by atoms with van der Waals surface area (Å²) in [5, 5.41) is 6.99. The molecule has 0 fully saturated rings. The molecule has 0 aliphatic carbocycles. The Bertz CT molecular complexity index is 812. The van der Waals surface area contributed by atoms with Crippen molar-refractivity contribution in [3.05, 3.63) is 41.0 Å². The standard InChI is InChI=1S/C14H16ClN3O3S/c1-9(2)18-13(6-7-16-18)17-14(19)11-8-10(22(3,20)21)4-5-12(11)15/h4-9H,1-3H3,(H,17,19). The van der Waals surface area contributed by atoms with Crippen molar-refractivity contribution in [2.75, 3.05) is 11.6 Å². The van der Waals surface area contributed by atoms with Gasteiger partial charge in [0.15, 0.2) is 9.84 Å². The van der Waals surface area contributed by atoms with E-state index in [1.54, 1.807) is 16.9 Å². The van der Waals surface area contributed by atoms with Crippen LogP contribution in [0.2, 0.25) is 5.02 Å². The van der Waals surface area contributed by atoms with Crippen LogP contribution in [0.15, 0.2) is 35.4 Å². The molecule has 2 aromatic rings. The lowest BCUT2D eigenvalue weighted by molar-refractivity contribution is 0.102. The molecule has 0 spiro atoms. The van der Waals surface area contributed by atoms with Crippen molar-refractivity contribution >= 4 is 33.2 Å². The molecule has 0 aliphatic rings. The number of rotatable bonds is 4. The summed E-state index contributed by atoms with van der Waals surface area (Å²) >= 11 is 6.01. The van der Waals surface area contributed by atoms with E-state index in [9.17, 15) is 13.2 Å². The number of hydrogen-bond acceptors (Lipinski definition) is 4. The van der Waals surface area contributed by atoms with Crippen LogP contribution in [-0.2, 0) is 9.84 Å². The first kappa shape index (κ1) is 16.5. The number of nitrogens with one attached hydrogen (secondary N) is 1. The zero-order valence-electron chi connectivity index (χ0n) is 12.4. The van der Waals surface area contributed by atoms with E-state index >= 15 is 0 Å². The summed E-state index contributed by atoms with van der Waals surface area (Å²) in [6.45, 7) is 3.86. The Morgan fingerprint density at radius 2 is 2.00 bits per heavy atom. The Labute approximate surface area is 134 Å². The Morgan fingerprint density at radius 1 is 1.32 bits per heavy atom. The van der Waals surface area contributed by atoms with Crippen LogP contribution in [0.1, 0.15) is 30.2 Å². The summed E-state index contributed by atoms with van der Waals surface area (Å²) < 4.78 is 24.8. The molecule has 0 unspecified atom stereocenters. The van der Waals surface area contributed by atoms with Gasteiger partial charge in [-0.15, -0.1) is 0 Å². The van der Waals surface area contributed by atoms with Crippen LogP contribution in [0.5, 0.6) is 0 Å². The van der Waals surface area contributed by atoms with E-state index in [0.717, 1.165) is 6.26 Å². The molecule has 0 saturated carbocycles. The fourth-order valence-electron chi connectivity index (χ4n) is 1.92. The lowest BCUT2D eigenvalue weighted by Gasteiger charge is -2.12. The first-order valence-corrected chi connectivity index (χ1v) is 8.81. The Balaban J connectivity index is 2.36. The predicted octanol–water partition coefficient (Wildman–Crippen LogP) is 2.77. The lowest BCUT2D eigenvalue weighted by atomic mass is 10.2. The molecule has 0 aliphatic heterocycles. The van der Waals surface area contributed by atoms with Crippen LogP contribution in [-0.4, -0.2) is 30.4 Å². The molecule has 6 nitrogen and oxygen atoms in total. The van der Waals surface area contributed by atoms with E-state index in [1.807, 2.05) is 13.8 Å². The van der Waals surface area contributed by atoms with E-state index in [4.69, 9.17) is 11.6 Å². The highest BCUT2D eigenvalue weighted by Gasteiger charge is 2.17. The first-order valence-electron chi connectivity index (χ1n) is 6.54. The third kappa shape index (κ3) is 3.48. The number of carbonyl (C=O) groups excluding carboxylic acids is 1. The Morgan fingerprint density at radius 3 is 2.59 bits per heavy atom. The summed E-state index contributed by atoms with van der Waals surface area (Å²) in [5.41, 5.74) is 0.0982. The second kappa shape index (κ2) is 6.10. The van der Waals surface area contributed by atoms with Crippen molar-refractivity contribution in [2.45, 2.75) is 24.8 Å². The zero-order valence-corrected chi connectivity index (χ0v) is 13.9. The van der Waals surface area contributed by atoms with Crippen LogP contribution in [0.3, 0.4) is 0 Å². The highest BCUT2D eigenvalue weighted by molar-refractivity contribution is 7.90. The minimum absolute atomic E-state index is 0.0411. The molecule has 0 radical (unpaired) electrons. The van der Waals surface area contributed by atoms with Gasteiger partial charge < -0.3 is 5.32 Å². The Kier molecular flexibility index (Phi) is 4.58. The van der Waals surface area contributed by atoms with Gasteiger partial charge in [-0.25, -0.2) is 13.1 Å². The lowest BCUT2D eigenvalue weighted by Crippen LogP contribution is -2.17. The van der Waals surface area contributed by atoms with Crippen LogP contribution in [0, 0.1) is 0 Å². The quantitative estimate of drug-likeness (QED) is 0.927. The maximum atomic E-state index is 12.4. The average Bonchev–Trinajstić information content (AvgIpc) is 2.86. The molecule has 0 saturated heterocycles. The number of hydrogen-bond donors (Lipinski definition) is 1. The number of sulfone groups is 1. The molecule has 1 heterocycles. The molecule has 2 rings (SSSR count). The minimum Gasteiger partial charge on any atom is -0.307 e. The van der Waals surface area contributed by atoms with Gasteiger partial charge in [0.05, 0.1) is 21.7 Å². The summed E-state index contributed by atoms with van der Waals surface area (Å²) in [5.74, 6) is 0.0266. The largest absolute Gasteiger partial charge is 0.307 e. The third-order valence-electron chi connectivity index (χ3n) is 3.01. The number of benzene rings is 1. The first-order chi connectivity index (χ1) is 10.2. The third-order valence-corrected chi connectivity index (χ3v) is 4.45. The van der Waals surface area contributed by atoms with E-state index < -0.39 is 15.7 Å². The summed E-state index contributed by atoms with van der Waals surface area (Å²) in [6, 6.07) is 5.76. The minimum atomic E-state index is -3.42. The van der Waals surface area contributed by atoms with Crippen molar-refractivity contribution in [1.82, 2.24) is 9.78 Å². The van der Waals surface area contributed by atoms with Crippen LogP contribution in [0.4, 0.5) is 5.82 Å². The van der Waals surface area contributed by atoms with E-state index in [-0.39, 0.29) is 21.5 Å². The summed E-state index contributed by atoms with van der Waals surface area (Å²) in [4.78, 5) is 12.4. The van der Waals surface area contributed by atoms with E-state index in [2.05, 4.69) is 10.4 Å². The normalized spacial score (nSPS) is 11.7. The second-order valence-corrected chi connectivity index (χ2v) is 7.55. The number of aromatic nitrogens is 2. The highest BCUT2D eigenvalue weighted by Crippen LogP contribution is 2.22. The molecular formula is C14H16ClN3O3S. The van der Waals surface area contributed by atoms with Gasteiger partial charge in [-0.2, -0.15) is 5.10 Å². The molecule has 1 N–H and O–H groups in total. The van der Waals surface area contributed by atoms with Crippen LogP contribution >= 0.6 is 11.6 Å². The predicted molar refractivity (Wildman–Crippen MR) is 85.1 cm³/mol. The summed E-state index contributed by atoms with van der Waals surface area (Å²) in [6.07, 6.45) is 2.65. The van der Waals surface area contributed by atoms with Gasteiger partial charge in [0, 0.05) is 18.4 Å². The van der Waals surface area contributed by atoms with Crippen molar-refractivity contribution < 1.29 is 13.2 Å². The topological polar surface area (TPSA) is 81.1 Å². The molecule has 1 amide bonds. The maximum Gasteiger partial charge on any atom is 0.258 e. The van der Waals surface area contributed by atoms with E-state index in [1.165, 1.54) is 18.2 Å². The molecule has 22 heavy (non-hydrogen) atoms. The van der Waals surface area contributed by atoms with Gasteiger partial charge in [0.25, 0.3) is 5.91 Å². The van der Waals surface area contributed by atoms with Gasteiger partial charge >= 0.3 is 0 Å². The molecule has 118 valence electrons. The fourth-order valence-corrected chi connectivity index (χ4v) is 2.77. The van der Waals surface area contributed by atoms with Gasteiger partial charge in [-0.05, 0) is 32.0 Å². The van der Waals surface area contributed by atoms with E-state index in [0.29, 0.717) is 5.82 Å². The number of amides is 1. The maximum absolute atomic E-state index is 12.4. The fraction of sp³-hybridized carbons (Fsp3) is 0.286. The molecule has 0 bridgehead atoms. The van der Waals surface area contributed by atoms with Crippen molar-refractivity contribution in [3.8, 4) is 0 Å². The van der Waals surface area contributed by atoms with Gasteiger partial charge in [-0.1, -0.05) is 11.6 Å².